The maximum absolute atomic E-state index is 12.1. The van der Waals surface area contributed by atoms with Gasteiger partial charge in [0.25, 0.3) is 5.91 Å². The van der Waals surface area contributed by atoms with E-state index in [9.17, 15) is 14.9 Å². The maximum Gasteiger partial charge on any atom is 0.335 e. The molecule has 2 aromatic carbocycles. The van der Waals surface area contributed by atoms with Crippen molar-refractivity contribution < 1.29 is 19.4 Å². The van der Waals surface area contributed by atoms with Crippen molar-refractivity contribution in [2.75, 3.05) is 0 Å². The summed E-state index contributed by atoms with van der Waals surface area (Å²) in [6.45, 7) is 3.87. The fourth-order valence-corrected chi connectivity index (χ4v) is 2.28. The van der Waals surface area contributed by atoms with Gasteiger partial charge in [-0.25, -0.2) is 4.79 Å². The summed E-state index contributed by atoms with van der Waals surface area (Å²) in [4.78, 5) is 23.0. The van der Waals surface area contributed by atoms with Crippen molar-refractivity contribution in [3.63, 3.8) is 0 Å². The molecule has 138 valence electrons. The maximum atomic E-state index is 12.1. The summed E-state index contributed by atoms with van der Waals surface area (Å²) in [7, 11) is 0. The molecule has 0 fully saturated rings. The third-order valence-electron chi connectivity index (χ3n) is 3.60. The number of nitrogens with zero attached hydrogens (tertiary/aromatic N) is 1. The van der Waals surface area contributed by atoms with E-state index in [0.29, 0.717) is 11.3 Å². The topological polar surface area (TPSA) is 99.4 Å². The lowest BCUT2D eigenvalue weighted by molar-refractivity contribution is -0.117. The van der Waals surface area contributed by atoms with E-state index in [2.05, 4.69) is 5.32 Å². The highest BCUT2D eigenvalue weighted by Crippen LogP contribution is 2.22. The van der Waals surface area contributed by atoms with Gasteiger partial charge >= 0.3 is 5.97 Å². The second kappa shape index (κ2) is 9.20. The van der Waals surface area contributed by atoms with E-state index < -0.39 is 11.9 Å². The zero-order valence-corrected chi connectivity index (χ0v) is 15.1. The van der Waals surface area contributed by atoms with E-state index in [1.165, 1.54) is 18.2 Å². The van der Waals surface area contributed by atoms with E-state index >= 15 is 0 Å². The Hall–Kier alpha value is -3.59. The average Bonchev–Trinajstić information content (AvgIpc) is 2.64. The van der Waals surface area contributed by atoms with E-state index in [4.69, 9.17) is 9.84 Å². The van der Waals surface area contributed by atoms with Crippen LogP contribution >= 0.6 is 0 Å². The SMILES string of the molecule is CC(C)NC(=O)/C(C#N)=C/c1ccccc1OCc1ccc(C(=O)O)cc1. The van der Waals surface area contributed by atoms with Crippen LogP contribution in [0.5, 0.6) is 5.75 Å². The summed E-state index contributed by atoms with van der Waals surface area (Å²) in [5.41, 5.74) is 1.61. The van der Waals surface area contributed by atoms with Crippen LogP contribution in [-0.2, 0) is 11.4 Å². The molecule has 0 heterocycles. The number of para-hydroxylation sites is 1. The normalized spacial score (nSPS) is 11.0. The zero-order valence-electron chi connectivity index (χ0n) is 15.1. The van der Waals surface area contributed by atoms with Crippen molar-refractivity contribution in [1.29, 1.82) is 5.26 Å². The number of nitrogens with one attached hydrogen (secondary N) is 1. The van der Waals surface area contributed by atoms with Gasteiger partial charge in [-0.2, -0.15) is 5.26 Å². The molecule has 6 heteroatoms. The molecule has 0 bridgehead atoms. The summed E-state index contributed by atoms with van der Waals surface area (Å²) in [6, 6.07) is 15.3. The van der Waals surface area contributed by atoms with Crippen LogP contribution in [0.15, 0.2) is 54.1 Å². The van der Waals surface area contributed by atoms with Crippen molar-refractivity contribution in [2.24, 2.45) is 0 Å². The first-order valence-corrected chi connectivity index (χ1v) is 8.37. The standard InChI is InChI=1S/C21H20N2O4/c1-14(2)23-20(24)18(12-22)11-17-5-3-4-6-19(17)27-13-15-7-9-16(10-8-15)21(25)26/h3-11,14H,13H2,1-2H3,(H,23,24)(H,25,26)/b18-11+. The van der Waals surface area contributed by atoms with Crippen LogP contribution < -0.4 is 10.1 Å². The predicted molar refractivity (Wildman–Crippen MR) is 101 cm³/mol. The second-order valence-electron chi connectivity index (χ2n) is 6.13. The Morgan fingerprint density at radius 2 is 1.85 bits per heavy atom. The van der Waals surface area contributed by atoms with Gasteiger partial charge < -0.3 is 15.2 Å². The minimum Gasteiger partial charge on any atom is -0.488 e. The number of nitriles is 1. The first-order chi connectivity index (χ1) is 12.9. The molecule has 0 unspecified atom stereocenters. The zero-order chi connectivity index (χ0) is 19.8. The molecule has 0 aliphatic heterocycles. The molecule has 27 heavy (non-hydrogen) atoms. The molecule has 0 aliphatic rings. The average molecular weight is 364 g/mol. The number of benzene rings is 2. The van der Waals surface area contributed by atoms with E-state index in [-0.39, 0.29) is 23.8 Å². The van der Waals surface area contributed by atoms with Crippen LogP contribution in [0.1, 0.15) is 35.3 Å². The quantitative estimate of drug-likeness (QED) is 0.579. The Bertz CT molecular complexity index is 893. The van der Waals surface area contributed by atoms with Gasteiger partial charge in [0.15, 0.2) is 0 Å². The van der Waals surface area contributed by atoms with Gasteiger partial charge in [0.05, 0.1) is 5.56 Å². The first kappa shape index (κ1) is 19.7. The van der Waals surface area contributed by atoms with Gasteiger partial charge in [-0.15, -0.1) is 0 Å². The Balaban J connectivity index is 2.17. The predicted octanol–water partition coefficient (Wildman–Crippen LogP) is 3.40. The number of hydrogen-bond donors (Lipinski definition) is 2. The molecule has 2 aromatic rings. The molecule has 1 amide bonds. The summed E-state index contributed by atoms with van der Waals surface area (Å²) < 4.78 is 5.80. The Kier molecular flexibility index (Phi) is 6.73. The van der Waals surface area contributed by atoms with Gasteiger partial charge in [0.2, 0.25) is 0 Å². The van der Waals surface area contributed by atoms with Crippen molar-refractivity contribution in [3.8, 4) is 11.8 Å². The largest absolute Gasteiger partial charge is 0.488 e. The van der Waals surface area contributed by atoms with Gasteiger partial charge in [-0.05, 0) is 43.7 Å². The first-order valence-electron chi connectivity index (χ1n) is 8.37. The van der Waals surface area contributed by atoms with Crippen LogP contribution in [-0.4, -0.2) is 23.0 Å². The lowest BCUT2D eigenvalue weighted by Gasteiger charge is -2.11. The Morgan fingerprint density at radius 3 is 2.44 bits per heavy atom. The number of aromatic carboxylic acids is 1. The molecule has 2 rings (SSSR count). The number of amides is 1. The molecule has 0 atom stereocenters. The lowest BCUT2D eigenvalue weighted by atomic mass is 10.1. The van der Waals surface area contributed by atoms with E-state index in [0.717, 1.165) is 5.56 Å². The van der Waals surface area contributed by atoms with Gasteiger partial charge in [0.1, 0.15) is 24.0 Å². The molecule has 0 saturated carbocycles. The van der Waals surface area contributed by atoms with Crippen molar-refractivity contribution >= 4 is 18.0 Å². The molecule has 2 N–H and O–H groups in total. The van der Waals surface area contributed by atoms with Gasteiger partial charge in [-0.1, -0.05) is 30.3 Å². The number of carboxylic acids is 1. The molecular weight excluding hydrogens is 344 g/mol. The highest BCUT2D eigenvalue weighted by molar-refractivity contribution is 6.02. The molecule has 0 aliphatic carbocycles. The number of ether oxygens (including phenoxy) is 1. The molecule has 0 radical (unpaired) electrons. The fourth-order valence-electron chi connectivity index (χ4n) is 2.28. The lowest BCUT2D eigenvalue weighted by Crippen LogP contribution is -2.30. The molecular formula is C21H20N2O4. The third-order valence-corrected chi connectivity index (χ3v) is 3.60. The number of hydrogen-bond acceptors (Lipinski definition) is 4. The molecule has 6 nitrogen and oxygen atoms in total. The van der Waals surface area contributed by atoms with Crippen LogP contribution in [0.4, 0.5) is 0 Å². The van der Waals surface area contributed by atoms with Crippen LogP contribution in [0.3, 0.4) is 0 Å². The number of carboxylic acid groups (broad SMARTS) is 1. The second-order valence-corrected chi connectivity index (χ2v) is 6.13. The molecule has 0 aromatic heterocycles. The van der Waals surface area contributed by atoms with Crippen LogP contribution in [0.25, 0.3) is 6.08 Å². The van der Waals surface area contributed by atoms with Crippen molar-refractivity contribution in [2.45, 2.75) is 26.5 Å². The van der Waals surface area contributed by atoms with Crippen LogP contribution in [0, 0.1) is 11.3 Å². The highest BCUT2D eigenvalue weighted by Gasteiger charge is 2.12. The summed E-state index contributed by atoms with van der Waals surface area (Å²) in [5.74, 6) is -0.905. The number of carbonyl (C=O) groups excluding carboxylic acids is 1. The van der Waals surface area contributed by atoms with E-state index in [1.54, 1.807) is 36.4 Å². The number of rotatable bonds is 7. The monoisotopic (exact) mass is 364 g/mol. The van der Waals surface area contributed by atoms with Gasteiger partial charge in [-0.3, -0.25) is 4.79 Å². The summed E-state index contributed by atoms with van der Waals surface area (Å²) >= 11 is 0. The summed E-state index contributed by atoms with van der Waals surface area (Å²) in [5, 5.41) is 20.9. The van der Waals surface area contributed by atoms with Crippen LogP contribution in [0.2, 0.25) is 0 Å². The van der Waals surface area contributed by atoms with E-state index in [1.807, 2.05) is 19.9 Å². The fraction of sp³-hybridized carbons (Fsp3) is 0.190. The Morgan fingerprint density at radius 1 is 1.19 bits per heavy atom. The third kappa shape index (κ3) is 5.72. The minimum absolute atomic E-state index is 0.00874. The summed E-state index contributed by atoms with van der Waals surface area (Å²) in [6.07, 6.45) is 1.49. The van der Waals surface area contributed by atoms with Crippen molar-refractivity contribution in [3.05, 3.63) is 70.8 Å². The number of carbonyl (C=O) groups is 2. The Labute approximate surface area is 157 Å². The molecule has 0 spiro atoms. The highest BCUT2D eigenvalue weighted by atomic mass is 16.5. The minimum atomic E-state index is -0.985. The van der Waals surface area contributed by atoms with Gasteiger partial charge in [0, 0.05) is 11.6 Å². The molecule has 0 saturated heterocycles. The smallest absolute Gasteiger partial charge is 0.335 e. The van der Waals surface area contributed by atoms with Crippen molar-refractivity contribution in [1.82, 2.24) is 5.32 Å².